The SMILES string of the molecule is CNC(=O)[C@H]1CC[C@H]2OCCN(S(=O)(=O)c3c(C)noc3C)[C@@H]2C1. The molecule has 0 aromatic carbocycles. The lowest BCUT2D eigenvalue weighted by molar-refractivity contribution is -0.129. The summed E-state index contributed by atoms with van der Waals surface area (Å²) in [6.45, 7) is 3.84. The summed E-state index contributed by atoms with van der Waals surface area (Å²) >= 11 is 0. The highest BCUT2D eigenvalue weighted by Gasteiger charge is 2.45. The Balaban J connectivity index is 1.93. The standard InChI is InChI=1S/C15H23N3O5S/c1-9-14(10(2)23-17-9)24(20,21)18-6-7-22-13-5-4-11(8-12(13)18)15(19)16-3/h11-13H,4-8H2,1-3H3,(H,16,19)/t11-,12+,13+/m0/s1. The fraction of sp³-hybridized carbons (Fsp3) is 0.733. The molecule has 1 aliphatic carbocycles. The molecular formula is C15H23N3O5S. The smallest absolute Gasteiger partial charge is 0.248 e. The Morgan fingerprint density at radius 1 is 1.33 bits per heavy atom. The van der Waals surface area contributed by atoms with Crippen LogP contribution >= 0.6 is 0 Å². The first-order valence-electron chi connectivity index (χ1n) is 8.14. The average molecular weight is 357 g/mol. The van der Waals surface area contributed by atoms with Crippen molar-refractivity contribution >= 4 is 15.9 Å². The maximum Gasteiger partial charge on any atom is 0.248 e. The quantitative estimate of drug-likeness (QED) is 0.850. The van der Waals surface area contributed by atoms with Gasteiger partial charge in [0.25, 0.3) is 0 Å². The number of carbonyl (C=O) groups excluding carboxylic acids is 1. The number of nitrogens with zero attached hydrogens (tertiary/aromatic N) is 2. The summed E-state index contributed by atoms with van der Waals surface area (Å²) in [6, 6.07) is -0.339. The first kappa shape index (κ1) is 17.4. The number of hydrogen-bond donors (Lipinski definition) is 1. The molecule has 1 saturated carbocycles. The Morgan fingerprint density at radius 2 is 2.08 bits per heavy atom. The van der Waals surface area contributed by atoms with E-state index in [9.17, 15) is 13.2 Å². The van der Waals surface area contributed by atoms with Crippen molar-refractivity contribution in [3.8, 4) is 0 Å². The molecule has 134 valence electrons. The molecule has 1 saturated heterocycles. The van der Waals surface area contributed by atoms with Crippen molar-refractivity contribution in [1.82, 2.24) is 14.8 Å². The van der Waals surface area contributed by atoms with E-state index in [1.165, 1.54) is 4.31 Å². The molecular weight excluding hydrogens is 334 g/mol. The van der Waals surface area contributed by atoms with Crippen LogP contribution < -0.4 is 5.32 Å². The molecule has 2 fully saturated rings. The number of hydrogen-bond acceptors (Lipinski definition) is 6. The second kappa shape index (κ2) is 6.45. The van der Waals surface area contributed by atoms with Crippen LogP contribution in [-0.4, -0.2) is 56.1 Å². The molecule has 8 nitrogen and oxygen atoms in total. The largest absolute Gasteiger partial charge is 0.375 e. The van der Waals surface area contributed by atoms with Crippen LogP contribution in [0.3, 0.4) is 0 Å². The van der Waals surface area contributed by atoms with Gasteiger partial charge in [-0.25, -0.2) is 8.42 Å². The van der Waals surface area contributed by atoms with Gasteiger partial charge in [-0.15, -0.1) is 0 Å². The first-order valence-corrected chi connectivity index (χ1v) is 9.58. The zero-order valence-corrected chi connectivity index (χ0v) is 14.9. The minimum Gasteiger partial charge on any atom is -0.375 e. The van der Waals surface area contributed by atoms with Crippen LogP contribution in [0.15, 0.2) is 9.42 Å². The zero-order chi connectivity index (χ0) is 17.5. The fourth-order valence-electron chi connectivity index (χ4n) is 3.78. The summed E-state index contributed by atoms with van der Waals surface area (Å²) in [5.74, 6) is 0.0447. The Hall–Kier alpha value is -1.45. The van der Waals surface area contributed by atoms with Crippen molar-refractivity contribution in [3.63, 3.8) is 0 Å². The van der Waals surface area contributed by atoms with Gasteiger partial charge < -0.3 is 14.6 Å². The molecule has 1 aliphatic heterocycles. The minimum absolute atomic E-state index is 0.0475. The number of fused-ring (bicyclic) bond motifs is 1. The molecule has 24 heavy (non-hydrogen) atoms. The van der Waals surface area contributed by atoms with E-state index in [4.69, 9.17) is 9.26 Å². The van der Waals surface area contributed by atoms with Crippen LogP contribution in [0.5, 0.6) is 0 Å². The number of ether oxygens (including phenoxy) is 1. The summed E-state index contributed by atoms with van der Waals surface area (Å²) in [4.78, 5) is 12.1. The highest BCUT2D eigenvalue weighted by molar-refractivity contribution is 7.89. The number of carbonyl (C=O) groups is 1. The van der Waals surface area contributed by atoms with Crippen LogP contribution in [0.2, 0.25) is 0 Å². The first-order chi connectivity index (χ1) is 11.4. The number of amides is 1. The minimum atomic E-state index is -3.74. The summed E-state index contributed by atoms with van der Waals surface area (Å²) in [7, 11) is -2.14. The summed E-state index contributed by atoms with van der Waals surface area (Å²) < 4.78 is 38.6. The Morgan fingerprint density at radius 3 is 2.71 bits per heavy atom. The molecule has 0 bridgehead atoms. The van der Waals surface area contributed by atoms with Crippen LogP contribution in [0, 0.1) is 19.8 Å². The predicted molar refractivity (Wildman–Crippen MR) is 84.8 cm³/mol. The van der Waals surface area contributed by atoms with E-state index >= 15 is 0 Å². The molecule has 9 heteroatoms. The molecule has 1 aromatic heterocycles. The van der Waals surface area contributed by atoms with E-state index in [2.05, 4.69) is 10.5 Å². The summed E-state index contributed by atoms with van der Waals surface area (Å²) in [5, 5.41) is 6.42. The van der Waals surface area contributed by atoms with Crippen LogP contribution in [-0.2, 0) is 19.6 Å². The van der Waals surface area contributed by atoms with Gasteiger partial charge in [-0.2, -0.15) is 4.31 Å². The second-order valence-electron chi connectivity index (χ2n) is 6.37. The molecule has 0 unspecified atom stereocenters. The number of nitrogens with one attached hydrogen (secondary N) is 1. The lowest BCUT2D eigenvalue weighted by atomic mass is 9.82. The molecule has 3 atom stereocenters. The van der Waals surface area contributed by atoms with E-state index in [0.29, 0.717) is 31.6 Å². The molecule has 1 aromatic rings. The molecule has 3 rings (SSSR count). The molecule has 2 heterocycles. The van der Waals surface area contributed by atoms with Gasteiger partial charge in [-0.1, -0.05) is 5.16 Å². The van der Waals surface area contributed by atoms with Crippen LogP contribution in [0.25, 0.3) is 0 Å². The van der Waals surface area contributed by atoms with E-state index in [1.807, 2.05) is 0 Å². The highest BCUT2D eigenvalue weighted by Crippen LogP contribution is 2.36. The van der Waals surface area contributed by atoms with Gasteiger partial charge >= 0.3 is 0 Å². The van der Waals surface area contributed by atoms with Crippen molar-refractivity contribution in [2.24, 2.45) is 5.92 Å². The van der Waals surface area contributed by atoms with Gasteiger partial charge in [0, 0.05) is 19.5 Å². The van der Waals surface area contributed by atoms with Gasteiger partial charge in [0.05, 0.1) is 18.8 Å². The van der Waals surface area contributed by atoms with Crippen molar-refractivity contribution in [2.45, 2.75) is 50.2 Å². The van der Waals surface area contributed by atoms with Gasteiger partial charge in [0.15, 0.2) is 5.76 Å². The van der Waals surface area contributed by atoms with Crippen molar-refractivity contribution < 1.29 is 22.5 Å². The third-order valence-corrected chi connectivity index (χ3v) is 7.09. The third-order valence-electron chi connectivity index (χ3n) is 4.92. The molecule has 1 amide bonds. The lowest BCUT2D eigenvalue weighted by Crippen LogP contribution is -2.57. The number of sulfonamides is 1. The normalized spacial score (nSPS) is 28.4. The van der Waals surface area contributed by atoms with Crippen molar-refractivity contribution in [2.75, 3.05) is 20.2 Å². The predicted octanol–water partition coefficient (Wildman–Crippen LogP) is 0.596. The average Bonchev–Trinajstić information content (AvgIpc) is 2.92. The Kier molecular flexibility index (Phi) is 4.67. The van der Waals surface area contributed by atoms with E-state index in [1.54, 1.807) is 20.9 Å². The van der Waals surface area contributed by atoms with E-state index < -0.39 is 10.0 Å². The van der Waals surface area contributed by atoms with Gasteiger partial charge in [0.1, 0.15) is 10.6 Å². The summed E-state index contributed by atoms with van der Waals surface area (Å²) in [6.07, 6.45) is 1.68. The van der Waals surface area contributed by atoms with Gasteiger partial charge in [0.2, 0.25) is 15.9 Å². The van der Waals surface area contributed by atoms with Gasteiger partial charge in [-0.05, 0) is 33.1 Å². The van der Waals surface area contributed by atoms with E-state index in [-0.39, 0.29) is 41.2 Å². The molecule has 1 N–H and O–H groups in total. The number of morpholine rings is 1. The molecule has 0 spiro atoms. The summed E-state index contributed by atoms with van der Waals surface area (Å²) in [5.41, 5.74) is 0.356. The zero-order valence-electron chi connectivity index (χ0n) is 14.1. The second-order valence-corrected chi connectivity index (χ2v) is 8.20. The monoisotopic (exact) mass is 357 g/mol. The maximum atomic E-state index is 13.2. The number of aryl methyl sites for hydroxylation is 2. The third kappa shape index (κ3) is 2.84. The fourth-order valence-corrected chi connectivity index (χ4v) is 5.72. The molecule has 2 aliphatic rings. The van der Waals surface area contributed by atoms with E-state index in [0.717, 1.165) is 0 Å². The molecule has 0 radical (unpaired) electrons. The van der Waals surface area contributed by atoms with Crippen LogP contribution in [0.4, 0.5) is 0 Å². The van der Waals surface area contributed by atoms with Crippen molar-refractivity contribution in [1.29, 1.82) is 0 Å². The topological polar surface area (TPSA) is 102 Å². The van der Waals surface area contributed by atoms with Gasteiger partial charge in [-0.3, -0.25) is 4.79 Å². The van der Waals surface area contributed by atoms with Crippen LogP contribution in [0.1, 0.15) is 30.7 Å². The Bertz CT molecular complexity index is 710. The Labute approximate surface area is 141 Å². The highest BCUT2D eigenvalue weighted by atomic mass is 32.2. The number of aromatic nitrogens is 1. The number of rotatable bonds is 3. The lowest BCUT2D eigenvalue weighted by Gasteiger charge is -2.44. The van der Waals surface area contributed by atoms with Crippen molar-refractivity contribution in [3.05, 3.63) is 11.5 Å². The maximum absolute atomic E-state index is 13.2.